The lowest BCUT2D eigenvalue weighted by atomic mass is 9.79. The Bertz CT molecular complexity index is 408. The number of amides is 1. The van der Waals surface area contributed by atoms with Gasteiger partial charge >= 0.3 is 0 Å². The van der Waals surface area contributed by atoms with Crippen LogP contribution >= 0.6 is 0 Å². The predicted molar refractivity (Wildman–Crippen MR) is 68.2 cm³/mol. The number of carbonyl (C=O) groups excluding carboxylic acids is 1. The lowest BCUT2D eigenvalue weighted by Crippen LogP contribution is -2.62. The maximum Gasteiger partial charge on any atom is 0.273 e. The van der Waals surface area contributed by atoms with Gasteiger partial charge in [-0.25, -0.2) is 0 Å². The molecule has 0 bridgehead atoms. The van der Waals surface area contributed by atoms with Crippen molar-refractivity contribution >= 4 is 5.91 Å². The highest BCUT2D eigenvalue weighted by molar-refractivity contribution is 5.92. The number of H-pyrrole nitrogens is 1. The van der Waals surface area contributed by atoms with Crippen LogP contribution in [0.3, 0.4) is 0 Å². The van der Waals surface area contributed by atoms with Crippen LogP contribution in [0.25, 0.3) is 0 Å². The van der Waals surface area contributed by atoms with E-state index in [4.69, 9.17) is 0 Å². The van der Waals surface area contributed by atoms with Gasteiger partial charge in [-0.05, 0) is 40.5 Å². The van der Waals surface area contributed by atoms with Crippen LogP contribution in [0.15, 0.2) is 6.20 Å². The Morgan fingerprint density at radius 3 is 2.44 bits per heavy atom. The van der Waals surface area contributed by atoms with Crippen molar-refractivity contribution in [3.63, 3.8) is 0 Å². The fourth-order valence-electron chi connectivity index (χ4n) is 2.99. The number of carbonyl (C=O) groups is 1. The van der Waals surface area contributed by atoms with Crippen molar-refractivity contribution in [3.8, 4) is 0 Å². The fourth-order valence-corrected chi connectivity index (χ4v) is 2.99. The Labute approximate surface area is 107 Å². The highest BCUT2D eigenvalue weighted by atomic mass is 16.2. The molecule has 1 saturated heterocycles. The summed E-state index contributed by atoms with van der Waals surface area (Å²) < 4.78 is 0. The van der Waals surface area contributed by atoms with Crippen molar-refractivity contribution in [1.82, 2.24) is 26.0 Å². The highest BCUT2D eigenvalue weighted by Crippen LogP contribution is 2.28. The first kappa shape index (κ1) is 13.0. The summed E-state index contributed by atoms with van der Waals surface area (Å²) in [5.41, 5.74) is 0.372. The molecule has 0 aliphatic carbocycles. The van der Waals surface area contributed by atoms with E-state index in [1.165, 1.54) is 6.20 Å². The molecule has 1 aromatic heterocycles. The Morgan fingerprint density at radius 2 is 1.94 bits per heavy atom. The molecule has 1 aliphatic heterocycles. The minimum Gasteiger partial charge on any atom is -0.348 e. The molecule has 0 saturated carbocycles. The molecule has 1 fully saturated rings. The van der Waals surface area contributed by atoms with Gasteiger partial charge in [0.2, 0.25) is 0 Å². The zero-order valence-corrected chi connectivity index (χ0v) is 11.4. The third kappa shape index (κ3) is 3.07. The van der Waals surface area contributed by atoms with Gasteiger partial charge in [-0.1, -0.05) is 0 Å². The van der Waals surface area contributed by atoms with Crippen LogP contribution in [0.4, 0.5) is 0 Å². The van der Waals surface area contributed by atoms with E-state index >= 15 is 0 Å². The number of nitrogens with one attached hydrogen (secondary N) is 3. The Hall–Kier alpha value is -1.43. The lowest BCUT2D eigenvalue weighted by Gasteiger charge is -2.46. The normalized spacial score (nSPS) is 22.7. The Morgan fingerprint density at radius 1 is 1.33 bits per heavy atom. The topological polar surface area (TPSA) is 82.7 Å². The zero-order chi connectivity index (χ0) is 13.4. The van der Waals surface area contributed by atoms with Crippen molar-refractivity contribution in [2.45, 2.75) is 57.7 Å². The van der Waals surface area contributed by atoms with E-state index in [9.17, 15) is 4.79 Å². The van der Waals surface area contributed by atoms with Gasteiger partial charge in [0, 0.05) is 17.1 Å². The predicted octanol–water partition coefficient (Wildman–Crippen LogP) is 0.844. The summed E-state index contributed by atoms with van der Waals surface area (Å²) in [6.07, 6.45) is 3.24. The van der Waals surface area contributed by atoms with E-state index in [0.717, 1.165) is 12.8 Å². The lowest BCUT2D eigenvalue weighted by molar-refractivity contribution is 0.0868. The molecule has 6 nitrogen and oxygen atoms in total. The minimum atomic E-state index is -0.165. The Kier molecular flexibility index (Phi) is 3.14. The molecule has 0 unspecified atom stereocenters. The molecule has 2 heterocycles. The van der Waals surface area contributed by atoms with Crippen LogP contribution in [-0.2, 0) is 0 Å². The number of rotatable bonds is 2. The van der Waals surface area contributed by atoms with Gasteiger partial charge in [-0.15, -0.1) is 0 Å². The van der Waals surface area contributed by atoms with Gasteiger partial charge in [0.05, 0.1) is 6.20 Å². The maximum atomic E-state index is 11.9. The van der Waals surface area contributed by atoms with E-state index in [-0.39, 0.29) is 23.0 Å². The Balaban J connectivity index is 2.03. The van der Waals surface area contributed by atoms with Crippen molar-refractivity contribution in [2.75, 3.05) is 0 Å². The molecular formula is C12H21N5O. The molecule has 1 aromatic rings. The largest absolute Gasteiger partial charge is 0.348 e. The van der Waals surface area contributed by atoms with E-state index in [1.54, 1.807) is 0 Å². The number of aromatic amines is 1. The summed E-state index contributed by atoms with van der Waals surface area (Å²) in [6, 6.07) is 0.153. The molecule has 1 aliphatic rings. The van der Waals surface area contributed by atoms with Gasteiger partial charge in [0.25, 0.3) is 5.91 Å². The van der Waals surface area contributed by atoms with E-state index < -0.39 is 0 Å². The smallest absolute Gasteiger partial charge is 0.273 e. The van der Waals surface area contributed by atoms with E-state index in [2.05, 4.69) is 53.7 Å². The van der Waals surface area contributed by atoms with Crippen LogP contribution in [0, 0.1) is 0 Å². The number of hydrogen-bond acceptors (Lipinski definition) is 4. The molecule has 6 heteroatoms. The third-order valence-electron chi connectivity index (χ3n) is 3.17. The first-order chi connectivity index (χ1) is 8.27. The average Bonchev–Trinajstić information content (AvgIpc) is 2.63. The monoisotopic (exact) mass is 251 g/mol. The first-order valence-electron chi connectivity index (χ1n) is 6.23. The third-order valence-corrected chi connectivity index (χ3v) is 3.17. The van der Waals surface area contributed by atoms with Gasteiger partial charge in [0.15, 0.2) is 5.69 Å². The summed E-state index contributed by atoms with van der Waals surface area (Å²) >= 11 is 0. The van der Waals surface area contributed by atoms with Crippen LogP contribution < -0.4 is 10.6 Å². The molecule has 0 aromatic carbocycles. The molecular weight excluding hydrogens is 230 g/mol. The van der Waals surface area contributed by atoms with E-state index in [1.807, 2.05) is 0 Å². The molecule has 0 atom stereocenters. The quantitative estimate of drug-likeness (QED) is 0.727. The van der Waals surface area contributed by atoms with Gasteiger partial charge in [0.1, 0.15) is 0 Å². The summed E-state index contributed by atoms with van der Waals surface area (Å²) in [7, 11) is 0. The second kappa shape index (κ2) is 4.35. The summed E-state index contributed by atoms with van der Waals surface area (Å²) in [5.74, 6) is -0.165. The fraction of sp³-hybridized carbons (Fsp3) is 0.750. The standard InChI is InChI=1S/C12H21N5O/c1-11(2)5-8(6-12(3,4)16-11)14-10(18)9-7-13-17-15-9/h7-8,16H,5-6H2,1-4H3,(H,14,18)(H,13,15,17). The second-order valence-corrected chi connectivity index (χ2v) is 6.33. The van der Waals surface area contributed by atoms with Crippen molar-refractivity contribution < 1.29 is 4.79 Å². The maximum absolute atomic E-state index is 11.9. The summed E-state index contributed by atoms with van der Waals surface area (Å²) in [4.78, 5) is 11.9. The summed E-state index contributed by atoms with van der Waals surface area (Å²) in [6.45, 7) is 8.62. The number of aromatic nitrogens is 3. The molecule has 0 radical (unpaired) electrons. The van der Waals surface area contributed by atoms with Crippen molar-refractivity contribution in [1.29, 1.82) is 0 Å². The second-order valence-electron chi connectivity index (χ2n) is 6.33. The van der Waals surface area contributed by atoms with Gasteiger partial charge < -0.3 is 10.6 Å². The highest BCUT2D eigenvalue weighted by Gasteiger charge is 2.38. The summed E-state index contributed by atoms with van der Waals surface area (Å²) in [5, 5.41) is 16.5. The molecule has 100 valence electrons. The number of nitrogens with zero attached hydrogens (tertiary/aromatic N) is 2. The molecule has 3 N–H and O–H groups in total. The first-order valence-corrected chi connectivity index (χ1v) is 6.23. The molecule has 1 amide bonds. The van der Waals surface area contributed by atoms with Gasteiger partial charge in [-0.3, -0.25) is 4.79 Å². The number of piperidine rings is 1. The molecule has 2 rings (SSSR count). The van der Waals surface area contributed by atoms with Crippen LogP contribution in [-0.4, -0.2) is 38.4 Å². The minimum absolute atomic E-state index is 0.0174. The van der Waals surface area contributed by atoms with Crippen LogP contribution in [0.5, 0.6) is 0 Å². The van der Waals surface area contributed by atoms with E-state index in [0.29, 0.717) is 5.69 Å². The molecule has 0 spiro atoms. The van der Waals surface area contributed by atoms with Gasteiger partial charge in [-0.2, -0.15) is 15.4 Å². The van der Waals surface area contributed by atoms with Crippen molar-refractivity contribution in [2.24, 2.45) is 0 Å². The van der Waals surface area contributed by atoms with Crippen LogP contribution in [0.2, 0.25) is 0 Å². The average molecular weight is 251 g/mol. The number of hydrogen-bond donors (Lipinski definition) is 3. The SMILES string of the molecule is CC1(C)CC(NC(=O)c2cn[nH]n2)CC(C)(C)N1. The van der Waals surface area contributed by atoms with Crippen LogP contribution in [0.1, 0.15) is 51.0 Å². The van der Waals surface area contributed by atoms with Crippen molar-refractivity contribution in [3.05, 3.63) is 11.9 Å². The zero-order valence-electron chi connectivity index (χ0n) is 11.4. The molecule has 18 heavy (non-hydrogen) atoms.